The van der Waals surface area contributed by atoms with Crippen molar-refractivity contribution in [3.8, 4) is 5.75 Å². The summed E-state index contributed by atoms with van der Waals surface area (Å²) in [6, 6.07) is -4.65. The number of benzene rings is 1. The zero-order valence-corrected chi connectivity index (χ0v) is 44.3. The molecule has 4 aromatic heterocycles. The lowest BCUT2D eigenvalue weighted by Gasteiger charge is -2.28. The van der Waals surface area contributed by atoms with Gasteiger partial charge in [-0.2, -0.15) is 0 Å². The average molecular weight is 1110 g/mol. The number of carboxylic acid groups (broad SMARTS) is 1. The number of rotatable bonds is 37. The van der Waals surface area contributed by atoms with E-state index in [-0.39, 0.29) is 70.2 Å². The van der Waals surface area contributed by atoms with Crippen LogP contribution in [-0.2, 0) is 70.5 Å². The highest BCUT2D eigenvalue weighted by Gasteiger charge is 2.35. The van der Waals surface area contributed by atoms with E-state index in [9.17, 15) is 48.6 Å². The number of aliphatic carboxylic acids is 1. The van der Waals surface area contributed by atoms with Crippen LogP contribution in [0, 0.1) is 0 Å². The Morgan fingerprint density at radius 1 is 0.412 bits per heavy atom. The molecule has 0 saturated carbocycles. The fourth-order valence-corrected chi connectivity index (χ4v) is 8.47. The molecule has 1 aromatic carbocycles. The van der Waals surface area contributed by atoms with Crippen molar-refractivity contribution >= 4 is 47.3 Å². The van der Waals surface area contributed by atoms with Crippen LogP contribution in [0.25, 0.3) is 0 Å². The van der Waals surface area contributed by atoms with Gasteiger partial charge in [0, 0.05) is 79.7 Å². The van der Waals surface area contributed by atoms with Crippen molar-refractivity contribution in [3.05, 3.63) is 103 Å². The van der Waals surface area contributed by atoms with Crippen LogP contribution in [0.4, 0.5) is 0 Å². The van der Waals surface area contributed by atoms with Gasteiger partial charge in [0.25, 0.3) is 0 Å². The number of hydrogen-bond donors (Lipinski definition) is 17. The summed E-state index contributed by atoms with van der Waals surface area (Å²) < 4.78 is 0. The molecule has 29 nitrogen and oxygen atoms in total. The van der Waals surface area contributed by atoms with Crippen molar-refractivity contribution < 1.29 is 48.6 Å². The van der Waals surface area contributed by atoms with Gasteiger partial charge in [-0.3, -0.25) is 33.6 Å². The predicted molar refractivity (Wildman–Crippen MR) is 289 cm³/mol. The lowest BCUT2D eigenvalue weighted by molar-refractivity contribution is -0.142. The number of phenols is 1. The molecule has 0 aliphatic carbocycles. The third-order valence-electron chi connectivity index (χ3n) is 12.9. The average Bonchev–Trinajstić information content (AvgIpc) is 4.33. The Kier molecular flexibility index (Phi) is 25.7. The molecule has 29 heteroatoms. The maximum absolute atomic E-state index is 14.7. The van der Waals surface area contributed by atoms with Crippen molar-refractivity contribution in [2.45, 2.75) is 138 Å². The van der Waals surface area contributed by atoms with Gasteiger partial charge in [0.05, 0.1) is 31.4 Å². The summed E-state index contributed by atoms with van der Waals surface area (Å²) in [7, 11) is 0. The maximum Gasteiger partial charge on any atom is 0.326 e. The second-order valence-electron chi connectivity index (χ2n) is 19.2. The number of carboxylic acids is 1. The topological polar surface area (TPSA) is 480 Å². The minimum atomic E-state index is -1.45. The molecule has 0 bridgehead atoms. The molecule has 80 heavy (non-hydrogen) atoms. The number of aromatic hydroxyl groups is 1. The van der Waals surface area contributed by atoms with E-state index >= 15 is 0 Å². The van der Waals surface area contributed by atoms with E-state index in [0.29, 0.717) is 73.4 Å². The van der Waals surface area contributed by atoms with E-state index in [0.717, 1.165) is 0 Å². The van der Waals surface area contributed by atoms with Crippen molar-refractivity contribution in [1.82, 2.24) is 77.1 Å². The molecule has 434 valence electrons. The van der Waals surface area contributed by atoms with E-state index in [2.05, 4.69) is 77.1 Å². The third-order valence-corrected chi connectivity index (χ3v) is 12.9. The van der Waals surface area contributed by atoms with Crippen LogP contribution in [0.2, 0.25) is 0 Å². The molecule has 0 aliphatic rings. The Bertz CT molecular complexity index is 2670. The molecule has 21 N–H and O–H groups in total. The van der Waals surface area contributed by atoms with Gasteiger partial charge in [0.1, 0.15) is 48.0 Å². The number of imidazole rings is 4. The normalized spacial score (nSPS) is 14.2. The number of unbranched alkanes of at least 4 members (excludes halogenated alkanes) is 3. The summed E-state index contributed by atoms with van der Waals surface area (Å²) in [5, 5.41) is 38.9. The first kappa shape index (κ1) is 62.3. The summed E-state index contributed by atoms with van der Waals surface area (Å²) in [6.45, 7) is 0.833. The summed E-state index contributed by atoms with van der Waals surface area (Å²) >= 11 is 0. The summed E-state index contributed by atoms with van der Waals surface area (Å²) in [5.74, 6) is -6.90. The Morgan fingerprint density at radius 2 is 0.713 bits per heavy atom. The van der Waals surface area contributed by atoms with Crippen LogP contribution in [0.5, 0.6) is 5.75 Å². The zero-order valence-electron chi connectivity index (χ0n) is 44.3. The smallest absolute Gasteiger partial charge is 0.326 e. The number of phenolic OH excluding ortho intramolecular Hbond substituents is 1. The summed E-state index contributed by atoms with van der Waals surface area (Å²) in [5.41, 5.74) is 25.9. The van der Waals surface area contributed by atoms with Gasteiger partial charge in [-0.15, -0.1) is 0 Å². The summed E-state index contributed by atoms with van der Waals surface area (Å²) in [6.07, 6.45) is 13.6. The molecule has 7 amide bonds. The number of amides is 7. The number of carbonyl (C=O) groups is 8. The number of carbonyl (C=O) groups excluding carboxylic acids is 7. The van der Waals surface area contributed by atoms with Gasteiger partial charge in [-0.25, -0.2) is 24.7 Å². The number of nitrogens with one attached hydrogen (secondary N) is 11. The first-order valence-electron chi connectivity index (χ1n) is 26.4. The van der Waals surface area contributed by atoms with Gasteiger partial charge in [-0.1, -0.05) is 12.1 Å². The Hall–Kier alpha value is -8.54. The van der Waals surface area contributed by atoms with Gasteiger partial charge < -0.3 is 90.3 Å². The maximum atomic E-state index is 14.7. The van der Waals surface area contributed by atoms with Gasteiger partial charge >= 0.3 is 5.97 Å². The Balaban J connectivity index is 1.40. The van der Waals surface area contributed by atoms with Gasteiger partial charge in [0.15, 0.2) is 0 Å². The van der Waals surface area contributed by atoms with Crippen LogP contribution >= 0.6 is 0 Å². The number of hydrogen-bond acceptors (Lipinski definition) is 17. The van der Waals surface area contributed by atoms with E-state index in [1.54, 1.807) is 0 Å². The highest BCUT2D eigenvalue weighted by atomic mass is 16.4. The number of aromatic amines is 4. The predicted octanol–water partition coefficient (Wildman–Crippen LogP) is -3.01. The highest BCUT2D eigenvalue weighted by molar-refractivity contribution is 5.98. The largest absolute Gasteiger partial charge is 0.508 e. The second-order valence-corrected chi connectivity index (χ2v) is 19.2. The number of aromatic nitrogens is 8. The Morgan fingerprint density at radius 3 is 1.05 bits per heavy atom. The lowest BCUT2D eigenvalue weighted by atomic mass is 10.0. The van der Waals surface area contributed by atoms with E-state index in [1.807, 2.05) is 0 Å². The highest BCUT2D eigenvalue weighted by Crippen LogP contribution is 2.14. The molecule has 5 rings (SSSR count). The van der Waals surface area contributed by atoms with E-state index < -0.39 is 95.7 Å². The quantitative estimate of drug-likeness (QED) is 0.0176. The molecule has 5 aromatic rings. The van der Waals surface area contributed by atoms with Crippen molar-refractivity contribution in [2.24, 2.45) is 22.9 Å². The van der Waals surface area contributed by atoms with Crippen LogP contribution in [-0.4, -0.2) is 165 Å². The van der Waals surface area contributed by atoms with Crippen LogP contribution in [0.3, 0.4) is 0 Å². The number of nitrogens with zero attached hydrogens (tertiary/aromatic N) is 4. The molecule has 0 unspecified atom stereocenters. The fourth-order valence-electron chi connectivity index (χ4n) is 8.47. The minimum Gasteiger partial charge on any atom is -0.508 e. The molecule has 0 fully saturated rings. The third kappa shape index (κ3) is 21.0. The van der Waals surface area contributed by atoms with Crippen molar-refractivity contribution in [3.63, 3.8) is 0 Å². The number of nitrogens with two attached hydrogens (primary N) is 4. The Labute approximate surface area is 461 Å². The van der Waals surface area contributed by atoms with E-state index in [1.165, 1.54) is 74.4 Å². The number of H-pyrrole nitrogens is 4. The standard InChI is InChI=1S/C51H75N19O10/c52-14-4-1-7-37(64-44(72)36(55)18-31-22-56-26-60-31)45(73)69-42(20-33-24-58-28-62-33)50(78)67-40(17-30-10-12-35(71)13-11-30)48(76)65-38(8-2-5-15-53)46(74)68-41(19-32-23-57-27-61-32)49(77)66-39(9-3-6-16-54)47(75)70-43(51(79)80)21-34-25-59-29-63-34/h10-13,22-29,36-43,71H,1-9,14-21,52-55H2,(H,56,60)(H,57,61)(H,58,62)(H,59,63)(H,64,72)(H,65,76)(H,66,77)(H,67,78)(H,68,74)(H,69,73)(H,70,75)(H,79,80)/t36-,37-,38-,39-,40-,41-,42-,43-/m0/s1. The zero-order chi connectivity index (χ0) is 57.8. The summed E-state index contributed by atoms with van der Waals surface area (Å²) in [4.78, 5) is 139. The van der Waals surface area contributed by atoms with Crippen molar-refractivity contribution in [1.29, 1.82) is 0 Å². The first-order chi connectivity index (χ1) is 38.6. The lowest BCUT2D eigenvalue weighted by Crippen LogP contribution is -2.61. The van der Waals surface area contributed by atoms with E-state index in [4.69, 9.17) is 22.9 Å². The van der Waals surface area contributed by atoms with Crippen LogP contribution in [0.15, 0.2) is 74.4 Å². The second kappa shape index (κ2) is 33.0. The van der Waals surface area contributed by atoms with Gasteiger partial charge in [-0.05, 0) is 95.1 Å². The molecular weight excluding hydrogens is 1040 g/mol. The van der Waals surface area contributed by atoms with Crippen molar-refractivity contribution in [2.75, 3.05) is 19.6 Å². The molecule has 0 aliphatic heterocycles. The monoisotopic (exact) mass is 1110 g/mol. The molecule has 4 heterocycles. The molecule has 8 atom stereocenters. The first-order valence-corrected chi connectivity index (χ1v) is 26.4. The molecule has 0 radical (unpaired) electrons. The van der Waals surface area contributed by atoms with Crippen LogP contribution in [0.1, 0.15) is 86.1 Å². The molecule has 0 spiro atoms. The fraction of sp³-hybridized carbons (Fsp3) is 0.490. The molecule has 0 saturated heterocycles. The molecular formula is C51H75N19O10. The van der Waals surface area contributed by atoms with Crippen LogP contribution < -0.4 is 60.2 Å². The van der Waals surface area contributed by atoms with Gasteiger partial charge in [0.2, 0.25) is 41.4 Å². The SMILES string of the molecule is NCCCC[C@H](NC(=O)[C@H](Cc1cnc[nH]1)NC(=O)[C@H](CCCCN)NC(=O)[C@H](Cc1ccc(O)cc1)NC(=O)[C@H](Cc1cnc[nH]1)NC(=O)[C@H](CCCCN)NC(=O)[C@@H](N)Cc1cnc[nH]1)C(=O)N[C@@H](Cc1cnc[nH]1)C(=O)O. The minimum absolute atomic E-state index is 0.00535.